The summed E-state index contributed by atoms with van der Waals surface area (Å²) in [6.07, 6.45) is 8.43. The van der Waals surface area contributed by atoms with Gasteiger partial charge in [-0.25, -0.2) is 0 Å². The minimum atomic E-state index is 0.0680. The van der Waals surface area contributed by atoms with E-state index in [9.17, 15) is 4.79 Å². The number of rotatable bonds is 3. The normalized spacial score (nSPS) is 15.5. The van der Waals surface area contributed by atoms with E-state index in [0.717, 1.165) is 38.3 Å². The quantitative estimate of drug-likeness (QED) is 0.457. The molecule has 0 radical (unpaired) electrons. The van der Waals surface area contributed by atoms with Gasteiger partial charge in [-0.3, -0.25) is 9.36 Å². The van der Waals surface area contributed by atoms with E-state index in [1.54, 1.807) is 11.3 Å². The Bertz CT molecular complexity index is 1540. The lowest BCUT2D eigenvalue weighted by atomic mass is 10.1. The van der Waals surface area contributed by atoms with Gasteiger partial charge in [0.25, 0.3) is 5.56 Å². The van der Waals surface area contributed by atoms with Gasteiger partial charge in [0.15, 0.2) is 6.20 Å². The van der Waals surface area contributed by atoms with Crippen LogP contribution in [0.1, 0.15) is 25.0 Å². The van der Waals surface area contributed by atoms with Crippen molar-refractivity contribution >= 4 is 45.8 Å². The van der Waals surface area contributed by atoms with Crippen molar-refractivity contribution in [3.63, 3.8) is 0 Å². The fraction of sp³-hybridized carbons (Fsp3) is 0.185. The summed E-state index contributed by atoms with van der Waals surface area (Å²) in [7, 11) is 2.03. The molecule has 0 saturated heterocycles. The fourth-order valence-electron chi connectivity index (χ4n) is 4.41. The van der Waals surface area contributed by atoms with E-state index in [-0.39, 0.29) is 5.56 Å². The van der Waals surface area contributed by atoms with Crippen LogP contribution in [0.3, 0.4) is 0 Å². The summed E-state index contributed by atoms with van der Waals surface area (Å²) >= 11 is 1.57. The van der Waals surface area contributed by atoms with Crippen LogP contribution in [0.4, 0.5) is 5.69 Å². The second kappa shape index (κ2) is 8.24. The number of hydrogen-bond donors (Lipinski definition) is 0. The zero-order valence-corrected chi connectivity index (χ0v) is 19.4. The number of likely N-dealkylation sites (N-methyl/N-ethyl adjacent to an activating group) is 1. The van der Waals surface area contributed by atoms with Crippen molar-refractivity contribution in [2.24, 2.45) is 0 Å². The molecule has 0 atom stereocenters. The molecular formula is C27H26N3OS+. The van der Waals surface area contributed by atoms with Crippen LogP contribution in [0.15, 0.2) is 71.7 Å². The predicted octanol–water partition coefficient (Wildman–Crippen LogP) is 3.49. The third-order valence-electron chi connectivity index (χ3n) is 6.12. The zero-order chi connectivity index (χ0) is 22.2. The molecule has 1 aliphatic rings. The molecule has 0 unspecified atom stereocenters. The lowest BCUT2D eigenvalue weighted by molar-refractivity contribution is -0.667. The van der Waals surface area contributed by atoms with Gasteiger partial charge in [-0.1, -0.05) is 36.4 Å². The summed E-state index contributed by atoms with van der Waals surface area (Å²) in [6, 6.07) is 18.9. The van der Waals surface area contributed by atoms with Crippen LogP contribution in [0, 0.1) is 0 Å². The molecule has 0 fully saturated rings. The number of pyridine rings is 1. The third kappa shape index (κ3) is 3.30. The maximum absolute atomic E-state index is 13.4. The molecule has 2 aromatic heterocycles. The van der Waals surface area contributed by atoms with E-state index >= 15 is 0 Å². The summed E-state index contributed by atoms with van der Waals surface area (Å²) < 4.78 is 5.87. The predicted molar refractivity (Wildman–Crippen MR) is 134 cm³/mol. The first kappa shape index (κ1) is 20.5. The maximum Gasteiger partial charge on any atom is 0.271 e. The first-order valence-corrected chi connectivity index (χ1v) is 11.8. The number of anilines is 1. The summed E-state index contributed by atoms with van der Waals surface area (Å²) in [5.41, 5.74) is 5.62. The van der Waals surface area contributed by atoms with Crippen LogP contribution in [-0.4, -0.2) is 11.6 Å². The van der Waals surface area contributed by atoms with E-state index in [0.29, 0.717) is 6.54 Å². The molecule has 0 saturated carbocycles. The van der Waals surface area contributed by atoms with Crippen LogP contribution in [0.25, 0.3) is 28.8 Å². The molecule has 4 aromatic rings. The van der Waals surface area contributed by atoms with Crippen molar-refractivity contribution in [3.8, 4) is 0 Å². The number of thiazole rings is 1. The molecule has 3 heterocycles. The summed E-state index contributed by atoms with van der Waals surface area (Å²) in [4.78, 5) is 15.5. The number of aryl methyl sites for hydroxylation is 1. The number of hydrogen-bond acceptors (Lipinski definition) is 3. The van der Waals surface area contributed by atoms with Crippen LogP contribution in [0.2, 0.25) is 0 Å². The minimum absolute atomic E-state index is 0.0680. The highest BCUT2D eigenvalue weighted by Crippen LogP contribution is 2.29. The summed E-state index contributed by atoms with van der Waals surface area (Å²) in [5.74, 6) is 0. The number of nitrogens with zero attached hydrogens (tertiary/aromatic N) is 3. The Balaban J connectivity index is 1.75. The summed E-state index contributed by atoms with van der Waals surface area (Å²) in [5, 5.41) is 1.19. The number of benzene rings is 2. The van der Waals surface area contributed by atoms with Crippen molar-refractivity contribution in [3.05, 3.63) is 97.5 Å². The van der Waals surface area contributed by atoms with Gasteiger partial charge in [0.05, 0.1) is 15.7 Å². The first-order valence-electron chi connectivity index (χ1n) is 11.0. The molecule has 5 heteroatoms. The van der Waals surface area contributed by atoms with Crippen LogP contribution < -0.4 is 24.2 Å². The van der Waals surface area contributed by atoms with Gasteiger partial charge < -0.3 is 4.90 Å². The van der Waals surface area contributed by atoms with E-state index in [2.05, 4.69) is 83.3 Å². The largest absolute Gasteiger partial charge is 0.343 e. The Morgan fingerprint density at radius 1 is 1.00 bits per heavy atom. The average Bonchev–Trinajstić information content (AvgIpc) is 3.14. The molecule has 0 N–H and O–H groups in total. The smallest absolute Gasteiger partial charge is 0.271 e. The van der Waals surface area contributed by atoms with Crippen molar-refractivity contribution in [1.82, 2.24) is 4.57 Å². The van der Waals surface area contributed by atoms with Crippen LogP contribution in [-0.2, 0) is 13.1 Å². The Kier molecular flexibility index (Phi) is 5.27. The molecule has 160 valence electrons. The van der Waals surface area contributed by atoms with Gasteiger partial charge in [0.2, 0.25) is 5.52 Å². The van der Waals surface area contributed by atoms with Gasteiger partial charge in [-0.15, -0.1) is 11.3 Å². The highest BCUT2D eigenvalue weighted by Gasteiger charge is 2.17. The first-order chi connectivity index (χ1) is 15.6. The molecule has 0 aliphatic carbocycles. The second-order valence-electron chi connectivity index (χ2n) is 7.87. The van der Waals surface area contributed by atoms with Crippen molar-refractivity contribution in [2.45, 2.75) is 26.9 Å². The lowest BCUT2D eigenvalue weighted by Gasteiger charge is -2.25. The summed E-state index contributed by atoms with van der Waals surface area (Å²) in [6.45, 7) is 5.74. The Labute approximate surface area is 191 Å². The third-order valence-corrected chi connectivity index (χ3v) is 7.25. The molecule has 0 spiro atoms. The van der Waals surface area contributed by atoms with Gasteiger partial charge in [-0.2, -0.15) is 4.57 Å². The minimum Gasteiger partial charge on any atom is -0.343 e. The van der Waals surface area contributed by atoms with Gasteiger partial charge in [-0.05, 0) is 49.3 Å². The second-order valence-corrected chi connectivity index (χ2v) is 8.90. The van der Waals surface area contributed by atoms with E-state index < -0.39 is 0 Å². The molecule has 4 nitrogen and oxygen atoms in total. The van der Waals surface area contributed by atoms with E-state index in [1.807, 2.05) is 30.7 Å². The lowest BCUT2D eigenvalue weighted by Crippen LogP contribution is -2.35. The monoisotopic (exact) mass is 440 g/mol. The average molecular weight is 441 g/mol. The Morgan fingerprint density at radius 2 is 1.78 bits per heavy atom. The van der Waals surface area contributed by atoms with Crippen molar-refractivity contribution in [1.29, 1.82) is 0 Å². The van der Waals surface area contributed by atoms with E-state index in [4.69, 9.17) is 0 Å². The fourth-order valence-corrected chi connectivity index (χ4v) is 5.63. The van der Waals surface area contributed by atoms with E-state index in [1.165, 1.54) is 10.9 Å². The number of para-hydroxylation sites is 2. The van der Waals surface area contributed by atoms with Crippen LogP contribution >= 0.6 is 11.3 Å². The zero-order valence-electron chi connectivity index (χ0n) is 18.6. The van der Waals surface area contributed by atoms with Gasteiger partial charge in [0, 0.05) is 31.4 Å². The van der Waals surface area contributed by atoms with Crippen molar-refractivity contribution in [2.75, 3.05) is 11.9 Å². The standard InChI is InChI=1S/C27H26N3OS/c1-4-29-17-16-20(21-11-7-9-13-23(21)29)18-25-30(5-2)27(31)26(32-25)24-15-14-19-10-6-8-12-22(19)28(24)3/h6-18H,4-5H2,1-3H3/q+1/b26-24-. The van der Waals surface area contributed by atoms with Gasteiger partial charge in [0.1, 0.15) is 11.1 Å². The molecule has 0 amide bonds. The molecule has 32 heavy (non-hydrogen) atoms. The van der Waals surface area contributed by atoms with Crippen LogP contribution in [0.5, 0.6) is 0 Å². The molecule has 5 rings (SSSR count). The highest BCUT2D eigenvalue weighted by molar-refractivity contribution is 7.07. The Morgan fingerprint density at radius 3 is 2.59 bits per heavy atom. The highest BCUT2D eigenvalue weighted by atomic mass is 32.1. The molecule has 1 aliphatic heterocycles. The topological polar surface area (TPSA) is 29.1 Å². The molecule has 2 aromatic carbocycles. The maximum atomic E-state index is 13.4. The van der Waals surface area contributed by atoms with Crippen molar-refractivity contribution < 1.29 is 4.57 Å². The number of aromatic nitrogens is 2. The Hall–Kier alpha value is -3.44. The SMILES string of the molecule is CCn1c(=O)/c(=C2\C=Cc3ccccc3N2C)s/c1=C\c1cc[n+](CC)c2ccccc12. The van der Waals surface area contributed by atoms with Gasteiger partial charge >= 0.3 is 0 Å². The number of fused-ring (bicyclic) bond motifs is 2. The molecular weight excluding hydrogens is 414 g/mol. The molecule has 0 bridgehead atoms.